The summed E-state index contributed by atoms with van der Waals surface area (Å²) in [6.45, 7) is 0.890. The number of hydrogen-bond donors (Lipinski definition) is 2. The minimum absolute atomic E-state index is 0.0914. The molecule has 0 radical (unpaired) electrons. The quantitative estimate of drug-likeness (QED) is 0.827. The molecule has 0 atom stereocenters. The van der Waals surface area contributed by atoms with Crippen LogP contribution in [0.2, 0.25) is 0 Å². The molecule has 1 aromatic carbocycles. The molecular weight excluding hydrogens is 354 g/mol. The van der Waals surface area contributed by atoms with Gasteiger partial charge in [0.05, 0.1) is 17.0 Å². The van der Waals surface area contributed by atoms with Crippen molar-refractivity contribution >= 4 is 27.8 Å². The first-order chi connectivity index (χ1) is 10.5. The van der Waals surface area contributed by atoms with E-state index in [0.717, 1.165) is 0 Å². The van der Waals surface area contributed by atoms with Gasteiger partial charge in [-0.15, -0.1) is 0 Å². The summed E-state index contributed by atoms with van der Waals surface area (Å²) < 4.78 is 11.0. The van der Waals surface area contributed by atoms with Gasteiger partial charge in [0.15, 0.2) is 0 Å². The Morgan fingerprint density at radius 3 is 2.64 bits per heavy atom. The molecule has 0 unspecified atom stereocenters. The number of carboxylic acids is 1. The molecule has 1 amide bonds. The lowest BCUT2D eigenvalue weighted by molar-refractivity contribution is -0.154. The fourth-order valence-electron chi connectivity index (χ4n) is 2.39. The number of hydrogen-bond acceptors (Lipinski definition) is 4. The van der Waals surface area contributed by atoms with Crippen LogP contribution < -0.4 is 10.1 Å². The van der Waals surface area contributed by atoms with E-state index in [1.54, 1.807) is 25.3 Å². The molecule has 0 saturated carbocycles. The first-order valence-corrected chi connectivity index (χ1v) is 7.71. The summed E-state index contributed by atoms with van der Waals surface area (Å²) in [6, 6.07) is 4.96. The van der Waals surface area contributed by atoms with Crippen LogP contribution in [0.15, 0.2) is 22.7 Å². The number of methoxy groups -OCH3 is 1. The van der Waals surface area contributed by atoms with Crippen molar-refractivity contribution in [2.45, 2.75) is 12.8 Å². The van der Waals surface area contributed by atoms with Crippen LogP contribution in [-0.2, 0) is 9.53 Å². The number of carboxylic acid groups (broad SMARTS) is 1. The second-order valence-electron chi connectivity index (χ2n) is 5.23. The van der Waals surface area contributed by atoms with Gasteiger partial charge in [-0.1, -0.05) is 0 Å². The van der Waals surface area contributed by atoms with E-state index in [1.807, 2.05) is 0 Å². The summed E-state index contributed by atoms with van der Waals surface area (Å²) in [7, 11) is 1.54. The fraction of sp³-hybridized carbons (Fsp3) is 0.467. The van der Waals surface area contributed by atoms with Gasteiger partial charge < -0.3 is 19.9 Å². The molecular formula is C15H18BrNO5. The summed E-state index contributed by atoms with van der Waals surface area (Å²) in [5.74, 6) is -0.578. The third-order valence-corrected chi connectivity index (χ3v) is 4.52. The molecule has 1 heterocycles. The Labute approximate surface area is 136 Å². The monoisotopic (exact) mass is 371 g/mol. The van der Waals surface area contributed by atoms with Crippen LogP contribution in [0.1, 0.15) is 23.2 Å². The summed E-state index contributed by atoms with van der Waals surface area (Å²) >= 11 is 3.32. The van der Waals surface area contributed by atoms with Crippen molar-refractivity contribution in [2.24, 2.45) is 5.41 Å². The van der Waals surface area contributed by atoms with E-state index < -0.39 is 11.4 Å². The van der Waals surface area contributed by atoms with E-state index in [2.05, 4.69) is 21.2 Å². The molecule has 1 aliphatic heterocycles. The lowest BCUT2D eigenvalue weighted by Crippen LogP contribution is -2.46. The molecule has 22 heavy (non-hydrogen) atoms. The Hall–Kier alpha value is -1.60. The van der Waals surface area contributed by atoms with Crippen molar-refractivity contribution in [1.29, 1.82) is 0 Å². The predicted molar refractivity (Wildman–Crippen MR) is 83.1 cm³/mol. The van der Waals surface area contributed by atoms with Crippen LogP contribution in [0.4, 0.5) is 0 Å². The Kier molecular flexibility index (Phi) is 5.42. The van der Waals surface area contributed by atoms with Gasteiger partial charge in [0, 0.05) is 25.3 Å². The predicted octanol–water partition coefficient (Wildman–Crippen LogP) is 2.07. The van der Waals surface area contributed by atoms with Crippen molar-refractivity contribution in [1.82, 2.24) is 5.32 Å². The number of ether oxygens (including phenoxy) is 2. The summed E-state index contributed by atoms with van der Waals surface area (Å²) in [4.78, 5) is 23.7. The van der Waals surface area contributed by atoms with E-state index in [1.165, 1.54) is 0 Å². The minimum Gasteiger partial charge on any atom is -0.496 e. The van der Waals surface area contributed by atoms with Crippen LogP contribution in [0, 0.1) is 5.41 Å². The third-order valence-electron chi connectivity index (χ3n) is 3.90. The molecule has 0 aliphatic carbocycles. The lowest BCUT2D eigenvalue weighted by atomic mass is 9.80. The number of rotatable bonds is 5. The highest BCUT2D eigenvalue weighted by atomic mass is 79.9. The highest BCUT2D eigenvalue weighted by molar-refractivity contribution is 9.10. The Balaban J connectivity index is 2.05. The first kappa shape index (κ1) is 16.8. The van der Waals surface area contributed by atoms with Crippen LogP contribution in [-0.4, -0.2) is 43.9 Å². The number of halogens is 1. The topological polar surface area (TPSA) is 84.9 Å². The molecule has 1 aliphatic rings. The molecule has 7 heteroatoms. The average Bonchev–Trinajstić information content (AvgIpc) is 2.53. The highest BCUT2D eigenvalue weighted by Crippen LogP contribution is 2.30. The van der Waals surface area contributed by atoms with Crippen molar-refractivity contribution in [3.05, 3.63) is 28.2 Å². The number of benzene rings is 1. The fourth-order valence-corrected chi connectivity index (χ4v) is 2.93. The average molecular weight is 372 g/mol. The second kappa shape index (κ2) is 7.11. The summed E-state index contributed by atoms with van der Waals surface area (Å²) in [5.41, 5.74) is -0.502. The molecule has 2 rings (SSSR count). The van der Waals surface area contributed by atoms with Gasteiger partial charge in [0.2, 0.25) is 0 Å². The molecule has 2 N–H and O–H groups in total. The highest BCUT2D eigenvalue weighted by Gasteiger charge is 2.40. The van der Waals surface area contributed by atoms with Gasteiger partial charge in [-0.2, -0.15) is 0 Å². The van der Waals surface area contributed by atoms with Crippen molar-refractivity contribution in [2.75, 3.05) is 26.9 Å². The van der Waals surface area contributed by atoms with Gasteiger partial charge in [0.25, 0.3) is 5.91 Å². The standard InChI is InChI=1S/C15H18BrNO5/c1-21-12-3-2-10(8-11(12)16)13(18)17-9-15(14(19)20)4-6-22-7-5-15/h2-3,8H,4-7,9H2,1H3,(H,17,18)(H,19,20). The van der Waals surface area contributed by atoms with Crippen LogP contribution in [0.25, 0.3) is 0 Å². The van der Waals surface area contributed by atoms with Crippen molar-refractivity contribution < 1.29 is 24.2 Å². The lowest BCUT2D eigenvalue weighted by Gasteiger charge is -2.33. The summed E-state index contributed by atoms with van der Waals surface area (Å²) in [5, 5.41) is 12.2. The number of carbonyl (C=O) groups excluding carboxylic acids is 1. The normalized spacial score (nSPS) is 16.8. The molecule has 6 nitrogen and oxygen atoms in total. The number of amides is 1. The number of aliphatic carboxylic acids is 1. The van der Waals surface area contributed by atoms with Crippen molar-refractivity contribution in [3.8, 4) is 5.75 Å². The largest absolute Gasteiger partial charge is 0.496 e. The summed E-state index contributed by atoms with van der Waals surface area (Å²) in [6.07, 6.45) is 0.795. The maximum absolute atomic E-state index is 12.2. The first-order valence-electron chi connectivity index (χ1n) is 6.91. The van der Waals surface area contributed by atoms with E-state index in [4.69, 9.17) is 9.47 Å². The number of carbonyl (C=O) groups is 2. The van der Waals surface area contributed by atoms with Gasteiger partial charge >= 0.3 is 5.97 Å². The third kappa shape index (κ3) is 3.59. The molecule has 1 saturated heterocycles. The van der Waals surface area contributed by atoms with Crippen LogP contribution in [0.3, 0.4) is 0 Å². The van der Waals surface area contributed by atoms with Crippen LogP contribution in [0.5, 0.6) is 5.75 Å². The zero-order chi connectivity index (χ0) is 16.2. The molecule has 0 spiro atoms. The smallest absolute Gasteiger partial charge is 0.311 e. The molecule has 120 valence electrons. The maximum Gasteiger partial charge on any atom is 0.311 e. The van der Waals surface area contributed by atoms with Gasteiger partial charge in [-0.25, -0.2) is 0 Å². The van der Waals surface area contributed by atoms with Crippen LogP contribution >= 0.6 is 15.9 Å². The minimum atomic E-state index is -0.947. The SMILES string of the molecule is COc1ccc(C(=O)NCC2(C(=O)O)CCOCC2)cc1Br. The van der Waals surface area contributed by atoms with E-state index in [-0.39, 0.29) is 12.5 Å². The Bertz CT molecular complexity index is 569. The van der Waals surface area contributed by atoms with Gasteiger partial charge in [0.1, 0.15) is 5.75 Å². The Morgan fingerprint density at radius 2 is 2.09 bits per heavy atom. The molecule has 1 fully saturated rings. The molecule has 0 bridgehead atoms. The van der Waals surface area contributed by atoms with Gasteiger partial charge in [-0.05, 0) is 47.0 Å². The Morgan fingerprint density at radius 1 is 1.41 bits per heavy atom. The number of nitrogens with one attached hydrogen (secondary N) is 1. The molecule has 0 aromatic heterocycles. The van der Waals surface area contributed by atoms with Crippen molar-refractivity contribution in [3.63, 3.8) is 0 Å². The zero-order valence-corrected chi connectivity index (χ0v) is 13.8. The van der Waals surface area contributed by atoms with E-state index >= 15 is 0 Å². The second-order valence-corrected chi connectivity index (χ2v) is 6.08. The molecule has 1 aromatic rings. The van der Waals surface area contributed by atoms with Gasteiger partial charge in [-0.3, -0.25) is 9.59 Å². The van der Waals surface area contributed by atoms with E-state index in [0.29, 0.717) is 41.8 Å². The zero-order valence-electron chi connectivity index (χ0n) is 12.2. The van der Waals surface area contributed by atoms with E-state index in [9.17, 15) is 14.7 Å². The maximum atomic E-state index is 12.2.